The maximum Gasteiger partial charge on any atom is 0.0824 e. The molecule has 1 N–H and O–H groups in total. The van der Waals surface area contributed by atoms with Crippen molar-refractivity contribution in [3.8, 4) is 0 Å². The number of hydrogen-bond donors (Lipinski definition) is 1. The molecule has 0 aromatic heterocycles. The van der Waals surface area contributed by atoms with Crippen LogP contribution in [0.3, 0.4) is 0 Å². The number of halogens is 1. The van der Waals surface area contributed by atoms with E-state index in [0.717, 1.165) is 39.3 Å². The van der Waals surface area contributed by atoms with Gasteiger partial charge in [0.1, 0.15) is 0 Å². The highest BCUT2D eigenvalue weighted by atomic mass is 35.7. The molecular formula is C20H41ClN2O11. The molecule has 0 radical (unpaired) electrons. The summed E-state index contributed by atoms with van der Waals surface area (Å²) in [6.45, 7) is 12.8. The van der Waals surface area contributed by atoms with E-state index in [2.05, 4.69) is 9.80 Å². The quantitative estimate of drug-likeness (QED) is 0.370. The Kier molecular flexibility index (Phi) is 19.6. The van der Waals surface area contributed by atoms with Crippen molar-refractivity contribution in [2.24, 2.45) is 0 Å². The lowest BCUT2D eigenvalue weighted by Crippen LogP contribution is -2.58. The molecule has 34 heavy (non-hydrogen) atoms. The van der Waals surface area contributed by atoms with Crippen molar-refractivity contribution in [1.29, 1.82) is 0 Å². The van der Waals surface area contributed by atoms with Crippen LogP contribution in [0.2, 0.25) is 0 Å². The monoisotopic (exact) mass is 520 g/mol. The van der Waals surface area contributed by atoms with Gasteiger partial charge in [0.2, 0.25) is 0 Å². The lowest BCUT2D eigenvalue weighted by atomic mass is 10.2. The minimum absolute atomic E-state index is 0.0995. The van der Waals surface area contributed by atoms with Crippen LogP contribution < -0.4 is 14.0 Å². The molecule has 0 amide bonds. The van der Waals surface area contributed by atoms with Crippen molar-refractivity contribution in [3.63, 3.8) is 0 Å². The molecule has 0 spiro atoms. The normalized spacial score (nSPS) is 22.4. The lowest BCUT2D eigenvalue weighted by molar-refractivity contribution is -1.92. The van der Waals surface area contributed by atoms with Gasteiger partial charge in [-0.1, -0.05) is 0 Å². The molecule has 0 aromatic carbocycles. The topological polar surface area (TPSA) is 160 Å². The number of methoxy groups -OCH3 is 1. The summed E-state index contributed by atoms with van der Waals surface area (Å²) < 4.78 is 72.1. The first-order valence-corrected chi connectivity index (χ1v) is 12.7. The standard InChI is InChI=1S/C20H40N2O7.ClHO4/c1-23-20(18-21-2-6-24-10-14-28-15-11-25-7-3-21)19-22-4-8-26-12-16-29-17-13-27-9-5-22;2-1(3,4)5/h20H,2-19H2,1H3;(H,2,3,4,5). The first kappa shape index (κ1) is 31.8. The largest absolute Gasteiger partial charge is 0.379 e. The lowest BCUT2D eigenvalue weighted by Gasteiger charge is -2.31. The van der Waals surface area contributed by atoms with Crippen LogP contribution in [-0.2, 0) is 33.2 Å². The number of ether oxygens (including phenoxy) is 7. The van der Waals surface area contributed by atoms with Crippen LogP contribution in [0.1, 0.15) is 0 Å². The molecule has 2 fully saturated rings. The molecule has 0 unspecified atom stereocenters. The smallest absolute Gasteiger partial charge is 0.0824 e. The van der Waals surface area contributed by atoms with E-state index in [9.17, 15) is 0 Å². The third-order valence-corrected chi connectivity index (χ3v) is 4.95. The zero-order valence-electron chi connectivity index (χ0n) is 20.1. The first-order chi connectivity index (χ1) is 16.4. The van der Waals surface area contributed by atoms with Crippen molar-refractivity contribution < 1.29 is 62.0 Å². The van der Waals surface area contributed by atoms with Crippen LogP contribution in [0.4, 0.5) is 0 Å². The molecule has 0 aromatic rings. The molecule has 2 heterocycles. The summed E-state index contributed by atoms with van der Waals surface area (Å²) in [7, 11) is -2.91. The molecule has 2 aliphatic rings. The van der Waals surface area contributed by atoms with E-state index < -0.39 is 10.2 Å². The van der Waals surface area contributed by atoms with Gasteiger partial charge in [0.15, 0.2) is 0 Å². The molecule has 2 saturated heterocycles. The molecule has 204 valence electrons. The van der Waals surface area contributed by atoms with Gasteiger partial charge < -0.3 is 33.2 Å². The van der Waals surface area contributed by atoms with Gasteiger partial charge >= 0.3 is 0 Å². The third-order valence-electron chi connectivity index (χ3n) is 4.95. The highest BCUT2D eigenvalue weighted by molar-refractivity contribution is 4.72. The van der Waals surface area contributed by atoms with E-state index >= 15 is 0 Å². The zero-order chi connectivity index (χ0) is 24.9. The molecule has 2 rings (SSSR count). The predicted molar refractivity (Wildman–Crippen MR) is 111 cm³/mol. The Hall–Kier alpha value is -0.230. The van der Waals surface area contributed by atoms with E-state index in [1.54, 1.807) is 7.11 Å². The average Bonchev–Trinajstić information content (AvgIpc) is 2.75. The average molecular weight is 521 g/mol. The molecular weight excluding hydrogens is 480 g/mol. The van der Waals surface area contributed by atoms with Gasteiger partial charge in [0.25, 0.3) is 0 Å². The predicted octanol–water partition coefficient (Wildman–Crippen LogP) is -4.39. The molecule has 14 heteroatoms. The Balaban J connectivity index is 0.00000104. The van der Waals surface area contributed by atoms with Gasteiger partial charge in [0.05, 0.1) is 100 Å². The second-order valence-electron chi connectivity index (χ2n) is 7.53. The van der Waals surface area contributed by atoms with E-state index in [1.165, 1.54) is 0 Å². The zero-order valence-corrected chi connectivity index (χ0v) is 20.9. The van der Waals surface area contributed by atoms with Crippen molar-refractivity contribution in [2.45, 2.75) is 6.10 Å². The maximum atomic E-state index is 8.60. The van der Waals surface area contributed by atoms with Crippen LogP contribution in [0.5, 0.6) is 0 Å². The molecule has 0 atom stereocenters. The molecule has 0 bridgehead atoms. The number of rotatable bonds is 5. The SMILES string of the molecule is COC(CN1CCOCCOCCOCC1)CN1CCOCCOCCOCC1.[O-][Cl+3]([O-])([O-])O. The van der Waals surface area contributed by atoms with E-state index in [0.29, 0.717) is 79.3 Å². The Morgan fingerprint density at radius 2 is 0.853 bits per heavy atom. The second-order valence-corrected chi connectivity index (χ2v) is 8.32. The molecule has 2 aliphatic heterocycles. The van der Waals surface area contributed by atoms with Gasteiger partial charge in [-0.15, -0.1) is 0 Å². The van der Waals surface area contributed by atoms with Crippen LogP contribution >= 0.6 is 0 Å². The highest BCUT2D eigenvalue weighted by Crippen LogP contribution is 2.03. The Morgan fingerprint density at radius 1 is 0.618 bits per heavy atom. The van der Waals surface area contributed by atoms with Gasteiger partial charge in [-0.05, 0) is 0 Å². The minimum Gasteiger partial charge on any atom is -0.379 e. The number of nitrogens with zero attached hydrogens (tertiary/aromatic N) is 2. The third kappa shape index (κ3) is 21.1. The van der Waals surface area contributed by atoms with Gasteiger partial charge in [-0.2, -0.15) is 14.0 Å². The van der Waals surface area contributed by atoms with Crippen LogP contribution in [0.15, 0.2) is 0 Å². The summed E-state index contributed by atoms with van der Waals surface area (Å²) in [4.78, 5) is 4.72. The second kappa shape index (κ2) is 20.9. The fraction of sp³-hybridized carbons (Fsp3) is 1.00. The summed E-state index contributed by atoms with van der Waals surface area (Å²) in [5, 5.41) is 0. The fourth-order valence-electron chi connectivity index (χ4n) is 3.23. The van der Waals surface area contributed by atoms with Gasteiger partial charge in [-0.25, -0.2) is 0 Å². The van der Waals surface area contributed by atoms with Gasteiger partial charge in [-0.3, -0.25) is 9.80 Å². The van der Waals surface area contributed by atoms with Crippen molar-refractivity contribution in [3.05, 3.63) is 0 Å². The molecule has 13 nitrogen and oxygen atoms in total. The van der Waals surface area contributed by atoms with Crippen molar-refractivity contribution in [2.75, 3.05) is 126 Å². The van der Waals surface area contributed by atoms with Crippen LogP contribution in [0, 0.1) is 10.2 Å². The van der Waals surface area contributed by atoms with Crippen molar-refractivity contribution in [1.82, 2.24) is 9.80 Å². The first-order valence-electron chi connectivity index (χ1n) is 11.5. The highest BCUT2D eigenvalue weighted by Gasteiger charge is 2.18. The van der Waals surface area contributed by atoms with Crippen LogP contribution in [0.25, 0.3) is 0 Å². The summed E-state index contributed by atoms with van der Waals surface area (Å²) in [6.07, 6.45) is 0.0995. The number of hydrogen-bond acceptors (Lipinski definition) is 13. The summed E-state index contributed by atoms with van der Waals surface area (Å²) in [5.41, 5.74) is 0. The Labute approximate surface area is 204 Å². The Morgan fingerprint density at radius 3 is 1.09 bits per heavy atom. The van der Waals surface area contributed by atoms with E-state index in [1.807, 2.05) is 0 Å². The summed E-state index contributed by atoms with van der Waals surface area (Å²) in [6, 6.07) is 0. The summed E-state index contributed by atoms with van der Waals surface area (Å²) in [5.74, 6) is 0. The minimum atomic E-state index is -4.69. The van der Waals surface area contributed by atoms with Crippen LogP contribution in [-0.4, -0.2) is 146 Å². The fourth-order valence-corrected chi connectivity index (χ4v) is 3.23. The summed E-state index contributed by atoms with van der Waals surface area (Å²) >= 11 is 0. The molecule has 0 aliphatic carbocycles. The van der Waals surface area contributed by atoms with E-state index in [-0.39, 0.29) is 6.10 Å². The Bertz CT molecular complexity index is 401. The maximum absolute atomic E-state index is 8.60. The molecule has 0 saturated carbocycles. The van der Waals surface area contributed by atoms with Crippen molar-refractivity contribution >= 4 is 0 Å². The van der Waals surface area contributed by atoms with Gasteiger partial charge in [0, 0.05) is 46.4 Å². The van der Waals surface area contributed by atoms with E-state index in [4.69, 9.17) is 51.8 Å².